The lowest BCUT2D eigenvalue weighted by molar-refractivity contribution is 0.214. The van der Waals surface area contributed by atoms with Crippen molar-refractivity contribution in [3.63, 3.8) is 0 Å². The van der Waals surface area contributed by atoms with Crippen LogP contribution in [0, 0.1) is 24.6 Å². The molecule has 0 aliphatic heterocycles. The molecule has 1 saturated carbocycles. The van der Waals surface area contributed by atoms with Crippen molar-refractivity contribution in [3.05, 3.63) is 35.1 Å². The molecule has 0 aromatic heterocycles. The van der Waals surface area contributed by atoms with Crippen molar-refractivity contribution in [2.24, 2.45) is 11.8 Å². The second-order valence-corrected chi connectivity index (χ2v) is 6.12. The Morgan fingerprint density at radius 1 is 1.32 bits per heavy atom. The van der Waals surface area contributed by atoms with E-state index >= 15 is 0 Å². The first-order valence-electron chi connectivity index (χ1n) is 7.58. The van der Waals surface area contributed by atoms with E-state index in [1.165, 1.54) is 24.8 Å². The number of halogens is 1. The van der Waals surface area contributed by atoms with Gasteiger partial charge in [-0.3, -0.25) is 0 Å². The van der Waals surface area contributed by atoms with E-state index in [2.05, 4.69) is 19.2 Å². The van der Waals surface area contributed by atoms with E-state index in [0.29, 0.717) is 12.0 Å². The summed E-state index contributed by atoms with van der Waals surface area (Å²) in [7, 11) is 0. The van der Waals surface area contributed by atoms with Gasteiger partial charge in [-0.05, 0) is 74.2 Å². The van der Waals surface area contributed by atoms with Crippen molar-refractivity contribution >= 4 is 0 Å². The Morgan fingerprint density at radius 3 is 2.79 bits per heavy atom. The zero-order chi connectivity index (χ0) is 13.8. The normalized spacial score (nSPS) is 27.5. The maximum absolute atomic E-state index is 13.2. The minimum absolute atomic E-state index is 0.124. The molecule has 106 valence electrons. The molecule has 0 saturated heterocycles. The Balaban J connectivity index is 2.09. The van der Waals surface area contributed by atoms with E-state index in [4.69, 9.17) is 0 Å². The van der Waals surface area contributed by atoms with Gasteiger partial charge >= 0.3 is 0 Å². The highest BCUT2D eigenvalue weighted by Crippen LogP contribution is 2.32. The van der Waals surface area contributed by atoms with Gasteiger partial charge < -0.3 is 5.32 Å². The number of benzene rings is 1. The Hall–Kier alpha value is -0.890. The maximum atomic E-state index is 13.2. The lowest BCUT2D eigenvalue weighted by Gasteiger charge is -2.36. The van der Waals surface area contributed by atoms with Crippen molar-refractivity contribution in [1.82, 2.24) is 5.32 Å². The van der Waals surface area contributed by atoms with E-state index < -0.39 is 0 Å². The predicted octanol–water partition coefficient (Wildman–Crippen LogP) is 4.09. The molecular weight excluding hydrogens is 237 g/mol. The maximum Gasteiger partial charge on any atom is 0.123 e. The first-order valence-corrected chi connectivity index (χ1v) is 7.58. The standard InChI is InChI=1S/C17H26FN/c1-4-19-17-8-5-12(2)9-15(17)11-14-6-7-16(18)10-13(14)3/h6-7,10,12,15,17,19H,4-5,8-9,11H2,1-3H3. The van der Waals surface area contributed by atoms with E-state index in [1.54, 1.807) is 12.1 Å². The number of aryl methyl sites for hydroxylation is 1. The van der Waals surface area contributed by atoms with Gasteiger partial charge in [0.05, 0.1) is 0 Å². The zero-order valence-electron chi connectivity index (χ0n) is 12.4. The van der Waals surface area contributed by atoms with Crippen molar-refractivity contribution in [2.45, 2.75) is 52.5 Å². The molecule has 2 rings (SSSR count). The first-order chi connectivity index (χ1) is 9.10. The highest BCUT2D eigenvalue weighted by Gasteiger charge is 2.28. The fourth-order valence-corrected chi connectivity index (χ4v) is 3.43. The summed E-state index contributed by atoms with van der Waals surface area (Å²) in [6.07, 6.45) is 4.97. The predicted molar refractivity (Wildman–Crippen MR) is 78.8 cm³/mol. The molecule has 1 aliphatic rings. The number of nitrogens with one attached hydrogen (secondary N) is 1. The fourth-order valence-electron chi connectivity index (χ4n) is 3.43. The highest BCUT2D eigenvalue weighted by atomic mass is 19.1. The Kier molecular flexibility index (Phi) is 4.98. The van der Waals surface area contributed by atoms with Gasteiger partial charge in [-0.2, -0.15) is 0 Å². The van der Waals surface area contributed by atoms with Crippen LogP contribution in [0.3, 0.4) is 0 Å². The molecule has 0 radical (unpaired) electrons. The summed E-state index contributed by atoms with van der Waals surface area (Å²) in [5.41, 5.74) is 2.40. The average Bonchev–Trinajstić information content (AvgIpc) is 2.36. The lowest BCUT2D eigenvalue weighted by Crippen LogP contribution is -2.41. The van der Waals surface area contributed by atoms with Crippen LogP contribution in [0.1, 0.15) is 44.2 Å². The van der Waals surface area contributed by atoms with Crippen LogP contribution < -0.4 is 5.32 Å². The summed E-state index contributed by atoms with van der Waals surface area (Å²) in [6, 6.07) is 5.85. The van der Waals surface area contributed by atoms with Gasteiger partial charge in [0.25, 0.3) is 0 Å². The molecule has 2 heteroatoms. The molecule has 1 aromatic rings. The smallest absolute Gasteiger partial charge is 0.123 e. The lowest BCUT2D eigenvalue weighted by atomic mass is 9.75. The Bertz CT molecular complexity index is 416. The Morgan fingerprint density at radius 2 is 2.11 bits per heavy atom. The van der Waals surface area contributed by atoms with Crippen LogP contribution >= 0.6 is 0 Å². The molecular formula is C17H26FN. The molecule has 0 spiro atoms. The number of hydrogen-bond donors (Lipinski definition) is 1. The molecule has 1 aliphatic carbocycles. The van der Waals surface area contributed by atoms with Gasteiger partial charge in [0.1, 0.15) is 5.82 Å². The average molecular weight is 263 g/mol. The zero-order valence-corrected chi connectivity index (χ0v) is 12.4. The van der Waals surface area contributed by atoms with Crippen LogP contribution in [0.2, 0.25) is 0 Å². The summed E-state index contributed by atoms with van der Waals surface area (Å²) in [6.45, 7) is 7.59. The van der Waals surface area contributed by atoms with Gasteiger partial charge in [-0.15, -0.1) is 0 Å². The van der Waals surface area contributed by atoms with Crippen LogP contribution in [-0.4, -0.2) is 12.6 Å². The monoisotopic (exact) mass is 263 g/mol. The van der Waals surface area contributed by atoms with Crippen LogP contribution in [-0.2, 0) is 6.42 Å². The summed E-state index contributed by atoms with van der Waals surface area (Å²) < 4.78 is 13.2. The van der Waals surface area contributed by atoms with Crippen molar-refractivity contribution in [2.75, 3.05) is 6.54 Å². The van der Waals surface area contributed by atoms with Crippen molar-refractivity contribution in [1.29, 1.82) is 0 Å². The molecule has 0 bridgehead atoms. The topological polar surface area (TPSA) is 12.0 Å². The third kappa shape index (κ3) is 3.79. The van der Waals surface area contributed by atoms with Gasteiger partial charge in [0.15, 0.2) is 0 Å². The number of hydrogen-bond acceptors (Lipinski definition) is 1. The van der Waals surface area contributed by atoms with Gasteiger partial charge in [-0.1, -0.05) is 19.9 Å². The van der Waals surface area contributed by atoms with E-state index in [1.807, 2.05) is 13.0 Å². The third-order valence-electron chi connectivity index (χ3n) is 4.50. The summed E-state index contributed by atoms with van der Waals surface area (Å²) in [4.78, 5) is 0. The van der Waals surface area contributed by atoms with Crippen LogP contribution in [0.15, 0.2) is 18.2 Å². The molecule has 19 heavy (non-hydrogen) atoms. The molecule has 3 unspecified atom stereocenters. The van der Waals surface area contributed by atoms with E-state index in [0.717, 1.165) is 24.4 Å². The molecule has 1 nitrogen and oxygen atoms in total. The van der Waals surface area contributed by atoms with Gasteiger partial charge in [0.2, 0.25) is 0 Å². The molecule has 0 heterocycles. The van der Waals surface area contributed by atoms with Crippen molar-refractivity contribution in [3.8, 4) is 0 Å². The highest BCUT2D eigenvalue weighted by molar-refractivity contribution is 5.27. The minimum atomic E-state index is -0.124. The van der Waals surface area contributed by atoms with Crippen LogP contribution in [0.5, 0.6) is 0 Å². The van der Waals surface area contributed by atoms with Crippen LogP contribution in [0.25, 0.3) is 0 Å². The molecule has 1 N–H and O–H groups in total. The summed E-state index contributed by atoms with van der Waals surface area (Å²) >= 11 is 0. The van der Waals surface area contributed by atoms with E-state index in [-0.39, 0.29) is 5.82 Å². The molecule has 1 fully saturated rings. The largest absolute Gasteiger partial charge is 0.314 e. The quantitative estimate of drug-likeness (QED) is 0.862. The SMILES string of the molecule is CCNC1CCC(C)CC1Cc1ccc(F)cc1C. The summed E-state index contributed by atoms with van der Waals surface area (Å²) in [5, 5.41) is 3.63. The second-order valence-electron chi connectivity index (χ2n) is 6.12. The van der Waals surface area contributed by atoms with Crippen molar-refractivity contribution < 1.29 is 4.39 Å². The van der Waals surface area contributed by atoms with Crippen LogP contribution in [0.4, 0.5) is 4.39 Å². The Labute approximate surface area is 116 Å². The number of rotatable bonds is 4. The summed E-state index contributed by atoms with van der Waals surface area (Å²) in [5.74, 6) is 1.38. The fraction of sp³-hybridized carbons (Fsp3) is 0.647. The second kappa shape index (κ2) is 6.51. The van der Waals surface area contributed by atoms with Gasteiger partial charge in [-0.25, -0.2) is 4.39 Å². The molecule has 0 amide bonds. The molecule has 3 atom stereocenters. The third-order valence-corrected chi connectivity index (χ3v) is 4.50. The van der Waals surface area contributed by atoms with E-state index in [9.17, 15) is 4.39 Å². The molecule has 1 aromatic carbocycles. The minimum Gasteiger partial charge on any atom is -0.314 e. The van der Waals surface area contributed by atoms with Gasteiger partial charge in [0, 0.05) is 6.04 Å². The first kappa shape index (κ1) is 14.5.